The summed E-state index contributed by atoms with van der Waals surface area (Å²) < 4.78 is 6.53. The quantitative estimate of drug-likeness (QED) is 0.627. The molecule has 0 atom stereocenters. The van der Waals surface area contributed by atoms with Gasteiger partial charge >= 0.3 is 5.97 Å². The van der Waals surface area contributed by atoms with E-state index >= 15 is 0 Å². The average Bonchev–Trinajstić information content (AvgIpc) is 2.80. The molecule has 2 aromatic rings. The molecule has 2 rings (SSSR count). The lowest BCUT2D eigenvalue weighted by molar-refractivity contribution is -0.134. The number of methoxy groups -OCH3 is 1. The van der Waals surface area contributed by atoms with E-state index in [-0.39, 0.29) is 5.97 Å². The zero-order valence-electron chi connectivity index (χ0n) is 13.1. The number of benzene rings is 1. The SMILES string of the molecule is COC(=O)C=Cc1c(C)nn(CC=Cc2ccccc2)c1C. The van der Waals surface area contributed by atoms with Crippen LogP contribution in [0.15, 0.2) is 42.5 Å². The molecule has 0 fully saturated rings. The van der Waals surface area contributed by atoms with Crippen molar-refractivity contribution in [3.05, 3.63) is 65.0 Å². The predicted molar refractivity (Wildman–Crippen MR) is 88.2 cm³/mol. The first-order valence-corrected chi connectivity index (χ1v) is 7.13. The first-order valence-electron chi connectivity index (χ1n) is 7.13. The molecule has 1 aromatic carbocycles. The summed E-state index contributed by atoms with van der Waals surface area (Å²) in [5.41, 5.74) is 4.04. The Morgan fingerprint density at radius 2 is 1.95 bits per heavy atom. The number of aryl methyl sites for hydroxylation is 1. The highest BCUT2D eigenvalue weighted by atomic mass is 16.5. The molecule has 0 aliphatic rings. The Balaban J connectivity index is 2.11. The Morgan fingerprint density at radius 3 is 2.64 bits per heavy atom. The van der Waals surface area contributed by atoms with Crippen LogP contribution in [0.25, 0.3) is 12.2 Å². The van der Waals surface area contributed by atoms with E-state index in [1.54, 1.807) is 6.08 Å². The van der Waals surface area contributed by atoms with Crippen LogP contribution in [0.3, 0.4) is 0 Å². The molecule has 0 N–H and O–H groups in total. The van der Waals surface area contributed by atoms with Gasteiger partial charge in [0.15, 0.2) is 0 Å². The number of rotatable bonds is 5. The number of carbonyl (C=O) groups excluding carboxylic acids is 1. The molecule has 114 valence electrons. The van der Waals surface area contributed by atoms with Gasteiger partial charge in [0.2, 0.25) is 0 Å². The maximum atomic E-state index is 11.2. The van der Waals surface area contributed by atoms with Crippen LogP contribution >= 0.6 is 0 Å². The number of esters is 1. The maximum absolute atomic E-state index is 11.2. The number of allylic oxidation sites excluding steroid dienone is 1. The van der Waals surface area contributed by atoms with Crippen LogP contribution in [0.4, 0.5) is 0 Å². The molecule has 0 aliphatic heterocycles. The minimum absolute atomic E-state index is 0.365. The Hall–Kier alpha value is -2.62. The Labute approximate surface area is 130 Å². The molecule has 4 nitrogen and oxygen atoms in total. The molecular formula is C18H20N2O2. The number of nitrogens with zero attached hydrogens (tertiary/aromatic N) is 2. The van der Waals surface area contributed by atoms with Crippen molar-refractivity contribution in [2.24, 2.45) is 0 Å². The van der Waals surface area contributed by atoms with Crippen molar-refractivity contribution in [2.45, 2.75) is 20.4 Å². The second-order valence-corrected chi connectivity index (χ2v) is 4.94. The number of aromatic nitrogens is 2. The van der Waals surface area contributed by atoms with Gasteiger partial charge in [-0.15, -0.1) is 0 Å². The van der Waals surface area contributed by atoms with E-state index in [1.807, 2.05) is 36.7 Å². The lowest BCUT2D eigenvalue weighted by atomic mass is 10.2. The van der Waals surface area contributed by atoms with Crippen molar-refractivity contribution in [1.82, 2.24) is 9.78 Å². The van der Waals surface area contributed by atoms with E-state index in [0.717, 1.165) is 22.5 Å². The molecule has 1 heterocycles. The fraction of sp³-hybridized carbons (Fsp3) is 0.222. The van der Waals surface area contributed by atoms with Crippen LogP contribution in [-0.2, 0) is 16.1 Å². The summed E-state index contributed by atoms with van der Waals surface area (Å²) in [6, 6.07) is 10.1. The van der Waals surface area contributed by atoms with Gasteiger partial charge in [-0.3, -0.25) is 4.68 Å². The molecule has 1 aromatic heterocycles. The lowest BCUT2D eigenvalue weighted by Gasteiger charge is -2.00. The van der Waals surface area contributed by atoms with Crippen molar-refractivity contribution < 1.29 is 9.53 Å². The average molecular weight is 296 g/mol. The van der Waals surface area contributed by atoms with Crippen LogP contribution in [-0.4, -0.2) is 22.9 Å². The summed E-state index contributed by atoms with van der Waals surface area (Å²) in [4.78, 5) is 11.2. The van der Waals surface area contributed by atoms with Gasteiger partial charge in [-0.05, 0) is 25.5 Å². The normalized spacial score (nSPS) is 11.4. The van der Waals surface area contributed by atoms with E-state index in [1.165, 1.54) is 13.2 Å². The Kier molecular flexibility index (Phi) is 5.31. The lowest BCUT2D eigenvalue weighted by Crippen LogP contribution is -2.00. The second kappa shape index (κ2) is 7.41. The van der Waals surface area contributed by atoms with Crippen molar-refractivity contribution in [1.29, 1.82) is 0 Å². The van der Waals surface area contributed by atoms with Gasteiger partial charge in [-0.25, -0.2) is 4.79 Å². The van der Waals surface area contributed by atoms with E-state index in [4.69, 9.17) is 0 Å². The van der Waals surface area contributed by atoms with Gasteiger partial charge in [0, 0.05) is 17.3 Å². The van der Waals surface area contributed by atoms with Gasteiger partial charge in [0.25, 0.3) is 0 Å². The van der Waals surface area contributed by atoms with Crippen molar-refractivity contribution in [2.75, 3.05) is 7.11 Å². The Morgan fingerprint density at radius 1 is 1.23 bits per heavy atom. The largest absolute Gasteiger partial charge is 0.466 e. The monoisotopic (exact) mass is 296 g/mol. The minimum Gasteiger partial charge on any atom is -0.466 e. The van der Waals surface area contributed by atoms with Crippen molar-refractivity contribution in [3.63, 3.8) is 0 Å². The Bertz CT molecular complexity index is 697. The fourth-order valence-corrected chi connectivity index (χ4v) is 2.20. The molecule has 0 bridgehead atoms. The molecule has 22 heavy (non-hydrogen) atoms. The second-order valence-electron chi connectivity index (χ2n) is 4.94. The first kappa shape index (κ1) is 15.8. The molecular weight excluding hydrogens is 276 g/mol. The topological polar surface area (TPSA) is 44.1 Å². The summed E-state index contributed by atoms with van der Waals surface area (Å²) in [5, 5.41) is 4.51. The third-order valence-electron chi connectivity index (χ3n) is 3.41. The zero-order chi connectivity index (χ0) is 15.9. The molecule has 4 heteroatoms. The summed E-state index contributed by atoms with van der Waals surface area (Å²) >= 11 is 0. The third-order valence-corrected chi connectivity index (χ3v) is 3.41. The molecule has 0 unspecified atom stereocenters. The molecule has 0 amide bonds. The van der Waals surface area contributed by atoms with Gasteiger partial charge in [0.05, 0.1) is 19.3 Å². The first-order chi connectivity index (χ1) is 10.6. The van der Waals surface area contributed by atoms with E-state index in [0.29, 0.717) is 6.54 Å². The number of hydrogen-bond acceptors (Lipinski definition) is 3. The summed E-state index contributed by atoms with van der Waals surface area (Å²) in [5.74, 6) is -0.365. The van der Waals surface area contributed by atoms with Crippen molar-refractivity contribution in [3.8, 4) is 0 Å². The van der Waals surface area contributed by atoms with Crippen molar-refractivity contribution >= 4 is 18.1 Å². The van der Waals surface area contributed by atoms with Crippen LogP contribution in [0.1, 0.15) is 22.5 Å². The van der Waals surface area contributed by atoms with E-state index < -0.39 is 0 Å². The highest BCUT2D eigenvalue weighted by Crippen LogP contribution is 2.15. The van der Waals surface area contributed by atoms with Crippen LogP contribution < -0.4 is 0 Å². The number of carbonyl (C=O) groups is 1. The molecule has 0 aliphatic carbocycles. The highest BCUT2D eigenvalue weighted by Gasteiger charge is 2.08. The van der Waals surface area contributed by atoms with Crippen LogP contribution in [0, 0.1) is 13.8 Å². The number of hydrogen-bond donors (Lipinski definition) is 0. The van der Waals surface area contributed by atoms with Gasteiger partial charge in [0.1, 0.15) is 0 Å². The van der Waals surface area contributed by atoms with E-state index in [9.17, 15) is 4.79 Å². The maximum Gasteiger partial charge on any atom is 0.330 e. The smallest absolute Gasteiger partial charge is 0.330 e. The van der Waals surface area contributed by atoms with Crippen LogP contribution in [0.5, 0.6) is 0 Å². The summed E-state index contributed by atoms with van der Waals surface area (Å²) in [6.07, 6.45) is 7.31. The third kappa shape index (κ3) is 3.95. The predicted octanol–water partition coefficient (Wildman–Crippen LogP) is 3.40. The van der Waals surface area contributed by atoms with Gasteiger partial charge in [-0.1, -0.05) is 42.5 Å². The minimum atomic E-state index is -0.365. The van der Waals surface area contributed by atoms with Crippen LogP contribution in [0.2, 0.25) is 0 Å². The molecule has 0 saturated carbocycles. The molecule has 0 radical (unpaired) electrons. The number of ether oxygens (including phenoxy) is 1. The van der Waals surface area contributed by atoms with E-state index in [2.05, 4.69) is 34.1 Å². The van der Waals surface area contributed by atoms with Gasteiger partial charge in [-0.2, -0.15) is 5.10 Å². The zero-order valence-corrected chi connectivity index (χ0v) is 13.1. The molecule has 0 saturated heterocycles. The van der Waals surface area contributed by atoms with Gasteiger partial charge < -0.3 is 4.74 Å². The molecule has 0 spiro atoms. The summed E-state index contributed by atoms with van der Waals surface area (Å²) in [6.45, 7) is 4.61. The fourth-order valence-electron chi connectivity index (χ4n) is 2.20. The highest BCUT2D eigenvalue weighted by molar-refractivity contribution is 5.87. The summed E-state index contributed by atoms with van der Waals surface area (Å²) in [7, 11) is 1.37. The standard InChI is InChI=1S/C18H20N2O2/c1-14-17(11-12-18(21)22-3)15(2)20(19-14)13-7-10-16-8-5-4-6-9-16/h4-12H,13H2,1-3H3.